The Bertz CT molecular complexity index is 696. The van der Waals surface area contributed by atoms with Crippen LogP contribution in [0.3, 0.4) is 0 Å². The predicted octanol–water partition coefficient (Wildman–Crippen LogP) is 4.58. The first-order chi connectivity index (χ1) is 11.7. The number of nitrogens with two attached hydrogens (primary N) is 1. The molecule has 2 heteroatoms. The predicted molar refractivity (Wildman–Crippen MR) is 102 cm³/mol. The van der Waals surface area contributed by atoms with E-state index in [2.05, 4.69) is 85.0 Å². The van der Waals surface area contributed by atoms with Crippen molar-refractivity contribution in [3.05, 3.63) is 102 Å². The molecular weight excluding hydrogens is 292 g/mol. The zero-order chi connectivity index (χ0) is 16.8. The summed E-state index contributed by atoms with van der Waals surface area (Å²) < 4.78 is 0. The summed E-state index contributed by atoms with van der Waals surface area (Å²) in [5.41, 5.74) is 10.5. The van der Waals surface area contributed by atoms with Gasteiger partial charge < -0.3 is 11.1 Å². The van der Waals surface area contributed by atoms with E-state index in [0.717, 1.165) is 12.1 Å². The molecule has 0 saturated heterocycles. The number of nitrogens with one attached hydrogen (secondary N) is 1. The molecule has 1 unspecified atom stereocenters. The van der Waals surface area contributed by atoms with Gasteiger partial charge in [0, 0.05) is 11.7 Å². The van der Waals surface area contributed by atoms with Crippen molar-refractivity contribution in [1.29, 1.82) is 0 Å². The first-order valence-corrected chi connectivity index (χ1v) is 8.43. The van der Waals surface area contributed by atoms with Crippen LogP contribution in [-0.2, 0) is 6.42 Å². The van der Waals surface area contributed by atoms with E-state index in [1.54, 1.807) is 0 Å². The topological polar surface area (TPSA) is 38.0 Å². The standard InChI is InChI=1S/C22H24N2/c1-17(16-18-12-14-21(23)15-13-18)24-22(19-8-4-2-5-9-19)20-10-6-3-7-11-20/h2-15,17,22,24H,16,23H2,1H3. The molecule has 3 aromatic carbocycles. The van der Waals surface area contributed by atoms with Crippen LogP contribution < -0.4 is 11.1 Å². The van der Waals surface area contributed by atoms with Gasteiger partial charge >= 0.3 is 0 Å². The SMILES string of the molecule is CC(Cc1ccc(N)cc1)NC(c1ccccc1)c1ccccc1. The molecule has 0 bridgehead atoms. The lowest BCUT2D eigenvalue weighted by molar-refractivity contribution is 0.496. The third kappa shape index (κ3) is 4.24. The number of benzene rings is 3. The molecule has 0 amide bonds. The Hall–Kier alpha value is -2.58. The van der Waals surface area contributed by atoms with Crippen molar-refractivity contribution in [1.82, 2.24) is 5.32 Å². The quantitative estimate of drug-likeness (QED) is 0.653. The molecular formula is C22H24N2. The van der Waals surface area contributed by atoms with Crippen LogP contribution in [0.1, 0.15) is 29.7 Å². The highest BCUT2D eigenvalue weighted by molar-refractivity contribution is 5.39. The van der Waals surface area contributed by atoms with E-state index in [4.69, 9.17) is 5.73 Å². The zero-order valence-electron chi connectivity index (χ0n) is 14.0. The first kappa shape index (κ1) is 16.3. The van der Waals surface area contributed by atoms with Gasteiger partial charge in [0.15, 0.2) is 0 Å². The van der Waals surface area contributed by atoms with Crippen LogP contribution in [0, 0.1) is 0 Å². The van der Waals surface area contributed by atoms with E-state index in [0.29, 0.717) is 6.04 Å². The monoisotopic (exact) mass is 316 g/mol. The lowest BCUT2D eigenvalue weighted by Crippen LogP contribution is -2.32. The molecule has 0 radical (unpaired) electrons. The fourth-order valence-electron chi connectivity index (χ4n) is 3.03. The molecule has 0 aromatic heterocycles. The second kappa shape index (κ2) is 7.80. The minimum absolute atomic E-state index is 0.191. The van der Waals surface area contributed by atoms with Gasteiger partial charge in [-0.3, -0.25) is 0 Å². The second-order valence-electron chi connectivity index (χ2n) is 6.27. The van der Waals surface area contributed by atoms with Crippen LogP contribution in [0.4, 0.5) is 5.69 Å². The summed E-state index contributed by atoms with van der Waals surface area (Å²) in [6.07, 6.45) is 0.969. The highest BCUT2D eigenvalue weighted by atomic mass is 14.9. The Morgan fingerprint density at radius 1 is 0.750 bits per heavy atom. The van der Waals surface area contributed by atoms with Crippen LogP contribution in [-0.4, -0.2) is 6.04 Å². The smallest absolute Gasteiger partial charge is 0.0578 e. The molecule has 0 heterocycles. The van der Waals surface area contributed by atoms with Crippen LogP contribution in [0.25, 0.3) is 0 Å². The average molecular weight is 316 g/mol. The highest BCUT2D eigenvalue weighted by Crippen LogP contribution is 2.23. The van der Waals surface area contributed by atoms with E-state index in [1.165, 1.54) is 16.7 Å². The van der Waals surface area contributed by atoms with Crippen LogP contribution in [0.5, 0.6) is 0 Å². The summed E-state index contributed by atoms with van der Waals surface area (Å²) in [6, 6.07) is 29.9. The number of hydrogen-bond donors (Lipinski definition) is 2. The first-order valence-electron chi connectivity index (χ1n) is 8.43. The third-order valence-corrected chi connectivity index (χ3v) is 4.24. The third-order valence-electron chi connectivity index (χ3n) is 4.24. The summed E-state index contributed by atoms with van der Waals surface area (Å²) >= 11 is 0. The largest absolute Gasteiger partial charge is 0.399 e. The molecule has 3 aromatic rings. The maximum Gasteiger partial charge on any atom is 0.0578 e. The molecule has 0 aliphatic rings. The minimum atomic E-state index is 0.191. The Morgan fingerprint density at radius 3 is 1.75 bits per heavy atom. The van der Waals surface area contributed by atoms with Crippen molar-refractivity contribution in [3.63, 3.8) is 0 Å². The van der Waals surface area contributed by atoms with Crippen molar-refractivity contribution < 1.29 is 0 Å². The van der Waals surface area contributed by atoms with Gasteiger partial charge in [0.25, 0.3) is 0 Å². The molecule has 3 rings (SSSR count). The van der Waals surface area contributed by atoms with Gasteiger partial charge in [-0.05, 0) is 42.2 Å². The van der Waals surface area contributed by atoms with Crippen molar-refractivity contribution in [2.24, 2.45) is 0 Å². The lowest BCUT2D eigenvalue weighted by atomic mass is 9.97. The van der Waals surface area contributed by atoms with E-state index in [9.17, 15) is 0 Å². The maximum absolute atomic E-state index is 5.77. The molecule has 0 spiro atoms. The summed E-state index contributed by atoms with van der Waals surface area (Å²) in [6.45, 7) is 2.23. The zero-order valence-corrected chi connectivity index (χ0v) is 14.0. The summed E-state index contributed by atoms with van der Waals surface area (Å²) in [5, 5.41) is 3.78. The summed E-state index contributed by atoms with van der Waals surface area (Å²) in [5.74, 6) is 0. The van der Waals surface area contributed by atoms with E-state index in [1.807, 2.05) is 12.1 Å². The van der Waals surface area contributed by atoms with Gasteiger partial charge in [0.2, 0.25) is 0 Å². The molecule has 24 heavy (non-hydrogen) atoms. The van der Waals surface area contributed by atoms with E-state index < -0.39 is 0 Å². The highest BCUT2D eigenvalue weighted by Gasteiger charge is 2.16. The van der Waals surface area contributed by atoms with Crippen molar-refractivity contribution in [2.45, 2.75) is 25.4 Å². The van der Waals surface area contributed by atoms with Crippen molar-refractivity contribution in [3.8, 4) is 0 Å². The van der Waals surface area contributed by atoms with Gasteiger partial charge in [-0.25, -0.2) is 0 Å². The molecule has 0 aliphatic carbocycles. The van der Waals surface area contributed by atoms with E-state index >= 15 is 0 Å². The molecule has 0 aliphatic heterocycles. The molecule has 0 saturated carbocycles. The van der Waals surface area contributed by atoms with Gasteiger partial charge in [-0.2, -0.15) is 0 Å². The normalized spacial score (nSPS) is 12.2. The Kier molecular flexibility index (Phi) is 5.29. The Morgan fingerprint density at radius 2 is 1.25 bits per heavy atom. The Labute approximate surface area is 144 Å². The average Bonchev–Trinajstić information content (AvgIpc) is 2.63. The maximum atomic E-state index is 5.77. The number of rotatable bonds is 6. The molecule has 122 valence electrons. The molecule has 0 fully saturated rings. The number of nitrogen functional groups attached to an aromatic ring is 1. The number of hydrogen-bond acceptors (Lipinski definition) is 2. The van der Waals surface area contributed by atoms with Gasteiger partial charge in [-0.1, -0.05) is 72.8 Å². The molecule has 3 N–H and O–H groups in total. The lowest BCUT2D eigenvalue weighted by Gasteiger charge is -2.24. The van der Waals surface area contributed by atoms with Gasteiger partial charge in [0.1, 0.15) is 0 Å². The van der Waals surface area contributed by atoms with Crippen molar-refractivity contribution in [2.75, 3.05) is 5.73 Å². The molecule has 1 atom stereocenters. The van der Waals surface area contributed by atoms with Crippen LogP contribution in [0.15, 0.2) is 84.9 Å². The second-order valence-corrected chi connectivity index (χ2v) is 6.27. The number of anilines is 1. The minimum Gasteiger partial charge on any atom is -0.399 e. The summed E-state index contributed by atoms with van der Waals surface area (Å²) in [7, 11) is 0. The van der Waals surface area contributed by atoms with Gasteiger partial charge in [0.05, 0.1) is 6.04 Å². The fraction of sp³-hybridized carbons (Fsp3) is 0.182. The van der Waals surface area contributed by atoms with Crippen molar-refractivity contribution >= 4 is 5.69 Å². The van der Waals surface area contributed by atoms with Crippen LogP contribution in [0.2, 0.25) is 0 Å². The fourth-order valence-corrected chi connectivity index (χ4v) is 3.03. The van der Waals surface area contributed by atoms with E-state index in [-0.39, 0.29) is 6.04 Å². The Balaban J connectivity index is 1.77. The van der Waals surface area contributed by atoms with Gasteiger partial charge in [-0.15, -0.1) is 0 Å². The molecule has 2 nitrogen and oxygen atoms in total. The summed E-state index contributed by atoms with van der Waals surface area (Å²) in [4.78, 5) is 0. The van der Waals surface area contributed by atoms with Crippen LogP contribution >= 0.6 is 0 Å².